The zero-order valence-corrected chi connectivity index (χ0v) is 11.7. The summed E-state index contributed by atoms with van der Waals surface area (Å²) in [7, 11) is 3.03. The smallest absolute Gasteiger partial charge is 0.261 e. The molecule has 1 heterocycles. The average molecular weight is 281 g/mol. The van der Waals surface area contributed by atoms with Crippen molar-refractivity contribution < 1.29 is 24.1 Å². The van der Waals surface area contributed by atoms with Gasteiger partial charge in [0.15, 0.2) is 0 Å². The van der Waals surface area contributed by atoms with Crippen LogP contribution in [0.1, 0.15) is 10.4 Å². The van der Waals surface area contributed by atoms with E-state index in [0.717, 1.165) is 0 Å². The van der Waals surface area contributed by atoms with Crippen molar-refractivity contribution >= 4 is 5.91 Å². The van der Waals surface area contributed by atoms with Crippen LogP contribution in [-0.4, -0.2) is 62.5 Å². The fourth-order valence-electron chi connectivity index (χ4n) is 2.23. The molecule has 0 radical (unpaired) electrons. The Morgan fingerprint density at radius 3 is 2.60 bits per heavy atom. The molecule has 1 saturated heterocycles. The Morgan fingerprint density at radius 2 is 2.05 bits per heavy atom. The van der Waals surface area contributed by atoms with Gasteiger partial charge in [0, 0.05) is 13.1 Å². The SMILES string of the molecule is COc1cccc(OC)c1C(=O)N1CCOC(CO)C1. The summed E-state index contributed by atoms with van der Waals surface area (Å²) in [5, 5.41) is 9.15. The predicted octanol–water partition coefficient (Wildman–Crippen LogP) is 0.537. The van der Waals surface area contributed by atoms with Crippen molar-refractivity contribution in [2.45, 2.75) is 6.10 Å². The lowest BCUT2D eigenvalue weighted by Gasteiger charge is -2.32. The van der Waals surface area contributed by atoms with Crippen LogP contribution in [0.15, 0.2) is 18.2 Å². The standard InChI is InChI=1S/C14H19NO5/c1-18-11-4-3-5-12(19-2)13(11)14(17)15-6-7-20-10(8-15)9-16/h3-5,10,16H,6-9H2,1-2H3. The van der Waals surface area contributed by atoms with Gasteiger partial charge in [-0.3, -0.25) is 4.79 Å². The van der Waals surface area contributed by atoms with E-state index in [1.54, 1.807) is 23.1 Å². The number of morpholine rings is 1. The van der Waals surface area contributed by atoms with Crippen molar-refractivity contribution in [3.63, 3.8) is 0 Å². The number of rotatable bonds is 4. The summed E-state index contributed by atoms with van der Waals surface area (Å²) in [4.78, 5) is 14.3. The summed E-state index contributed by atoms with van der Waals surface area (Å²) in [6.07, 6.45) is -0.339. The number of carbonyl (C=O) groups excluding carboxylic acids is 1. The van der Waals surface area contributed by atoms with Gasteiger partial charge in [-0.15, -0.1) is 0 Å². The molecule has 1 unspecified atom stereocenters. The second-order valence-corrected chi connectivity index (χ2v) is 4.46. The molecule has 0 aromatic heterocycles. The van der Waals surface area contributed by atoms with Gasteiger partial charge in [0.1, 0.15) is 17.1 Å². The first-order valence-electron chi connectivity index (χ1n) is 6.44. The molecule has 110 valence electrons. The maximum atomic E-state index is 12.6. The highest BCUT2D eigenvalue weighted by atomic mass is 16.5. The van der Waals surface area contributed by atoms with Crippen LogP contribution in [0, 0.1) is 0 Å². The Kier molecular flexibility index (Phi) is 4.81. The maximum absolute atomic E-state index is 12.6. The molecular weight excluding hydrogens is 262 g/mol. The predicted molar refractivity (Wildman–Crippen MR) is 72.3 cm³/mol. The van der Waals surface area contributed by atoms with Gasteiger partial charge in [-0.2, -0.15) is 0 Å². The molecule has 1 aromatic carbocycles. The van der Waals surface area contributed by atoms with Gasteiger partial charge in [0.05, 0.1) is 33.5 Å². The van der Waals surface area contributed by atoms with E-state index in [-0.39, 0.29) is 18.6 Å². The van der Waals surface area contributed by atoms with Crippen molar-refractivity contribution in [3.8, 4) is 11.5 Å². The maximum Gasteiger partial charge on any atom is 0.261 e. The topological polar surface area (TPSA) is 68.2 Å². The number of ether oxygens (including phenoxy) is 3. The molecule has 0 spiro atoms. The minimum Gasteiger partial charge on any atom is -0.496 e. The highest BCUT2D eigenvalue weighted by Crippen LogP contribution is 2.30. The van der Waals surface area contributed by atoms with Gasteiger partial charge < -0.3 is 24.2 Å². The third kappa shape index (κ3) is 2.86. The second kappa shape index (κ2) is 6.58. The number of amides is 1. The third-order valence-corrected chi connectivity index (χ3v) is 3.27. The summed E-state index contributed by atoms with van der Waals surface area (Å²) in [5.74, 6) is 0.767. The minimum absolute atomic E-state index is 0.104. The molecule has 6 heteroatoms. The number of methoxy groups -OCH3 is 2. The van der Waals surface area contributed by atoms with E-state index in [4.69, 9.17) is 19.3 Å². The van der Waals surface area contributed by atoms with Crippen molar-refractivity contribution in [2.24, 2.45) is 0 Å². The number of aliphatic hydroxyl groups excluding tert-OH is 1. The summed E-state index contributed by atoms with van der Waals surface area (Å²) in [6.45, 7) is 1.15. The number of benzene rings is 1. The van der Waals surface area contributed by atoms with Crippen molar-refractivity contribution in [1.82, 2.24) is 4.90 Å². The van der Waals surface area contributed by atoms with E-state index < -0.39 is 0 Å². The summed E-state index contributed by atoms with van der Waals surface area (Å²) in [6, 6.07) is 5.21. The molecule has 0 aliphatic carbocycles. The Morgan fingerprint density at radius 1 is 1.40 bits per heavy atom. The number of aliphatic hydroxyl groups is 1. The fourth-order valence-corrected chi connectivity index (χ4v) is 2.23. The lowest BCUT2D eigenvalue weighted by molar-refractivity contribution is -0.0448. The number of hydrogen-bond acceptors (Lipinski definition) is 5. The molecule has 1 atom stereocenters. The summed E-state index contributed by atoms with van der Waals surface area (Å²) in [5.41, 5.74) is 0.399. The molecule has 1 aliphatic rings. The van der Waals surface area contributed by atoms with Crippen LogP contribution in [0.2, 0.25) is 0 Å². The first kappa shape index (κ1) is 14.6. The Bertz CT molecular complexity index is 454. The zero-order valence-electron chi connectivity index (χ0n) is 11.7. The van der Waals surface area contributed by atoms with Gasteiger partial charge in [-0.1, -0.05) is 6.07 Å². The van der Waals surface area contributed by atoms with Crippen LogP contribution >= 0.6 is 0 Å². The number of hydrogen-bond donors (Lipinski definition) is 1. The highest BCUT2D eigenvalue weighted by molar-refractivity contribution is 5.99. The van der Waals surface area contributed by atoms with E-state index in [0.29, 0.717) is 36.8 Å². The molecule has 2 rings (SSSR count). The first-order chi connectivity index (χ1) is 9.71. The van der Waals surface area contributed by atoms with Crippen LogP contribution in [0.4, 0.5) is 0 Å². The lowest BCUT2D eigenvalue weighted by atomic mass is 10.1. The fraction of sp³-hybridized carbons (Fsp3) is 0.500. The third-order valence-electron chi connectivity index (χ3n) is 3.27. The zero-order chi connectivity index (χ0) is 14.5. The normalized spacial score (nSPS) is 18.8. The van der Waals surface area contributed by atoms with Crippen LogP contribution in [0.5, 0.6) is 11.5 Å². The molecule has 1 N–H and O–H groups in total. The van der Waals surface area contributed by atoms with Gasteiger partial charge in [0.25, 0.3) is 5.91 Å². The van der Waals surface area contributed by atoms with E-state index in [2.05, 4.69) is 0 Å². The first-order valence-corrected chi connectivity index (χ1v) is 6.44. The number of carbonyl (C=O) groups is 1. The Hall–Kier alpha value is -1.79. The second-order valence-electron chi connectivity index (χ2n) is 4.46. The van der Waals surface area contributed by atoms with Gasteiger partial charge >= 0.3 is 0 Å². The lowest BCUT2D eigenvalue weighted by Crippen LogP contribution is -2.47. The summed E-state index contributed by atoms with van der Waals surface area (Å²) >= 11 is 0. The monoisotopic (exact) mass is 281 g/mol. The van der Waals surface area contributed by atoms with Crippen LogP contribution in [0.25, 0.3) is 0 Å². The van der Waals surface area contributed by atoms with Gasteiger partial charge in [-0.05, 0) is 12.1 Å². The minimum atomic E-state index is -0.339. The van der Waals surface area contributed by atoms with Crippen molar-refractivity contribution in [1.29, 1.82) is 0 Å². The van der Waals surface area contributed by atoms with E-state index in [1.807, 2.05) is 0 Å². The van der Waals surface area contributed by atoms with Crippen LogP contribution in [-0.2, 0) is 4.74 Å². The van der Waals surface area contributed by atoms with E-state index in [1.165, 1.54) is 14.2 Å². The van der Waals surface area contributed by atoms with E-state index >= 15 is 0 Å². The molecule has 1 aliphatic heterocycles. The molecule has 0 bridgehead atoms. The van der Waals surface area contributed by atoms with Crippen molar-refractivity contribution in [2.75, 3.05) is 40.5 Å². The van der Waals surface area contributed by atoms with Crippen molar-refractivity contribution in [3.05, 3.63) is 23.8 Å². The van der Waals surface area contributed by atoms with E-state index in [9.17, 15) is 4.79 Å². The van der Waals surface area contributed by atoms with Crippen LogP contribution in [0.3, 0.4) is 0 Å². The molecule has 20 heavy (non-hydrogen) atoms. The largest absolute Gasteiger partial charge is 0.496 e. The molecule has 1 fully saturated rings. The molecule has 0 saturated carbocycles. The van der Waals surface area contributed by atoms with Crippen LogP contribution < -0.4 is 9.47 Å². The molecular formula is C14H19NO5. The van der Waals surface area contributed by atoms with Gasteiger partial charge in [0.2, 0.25) is 0 Å². The average Bonchev–Trinajstić information content (AvgIpc) is 2.53. The quantitative estimate of drug-likeness (QED) is 0.872. The Balaban J connectivity index is 2.28. The summed E-state index contributed by atoms with van der Waals surface area (Å²) < 4.78 is 15.8. The molecule has 1 aromatic rings. The Labute approximate surface area is 117 Å². The van der Waals surface area contributed by atoms with Gasteiger partial charge in [-0.25, -0.2) is 0 Å². The number of nitrogens with zero attached hydrogens (tertiary/aromatic N) is 1. The molecule has 1 amide bonds. The molecule has 6 nitrogen and oxygen atoms in total. The highest BCUT2D eigenvalue weighted by Gasteiger charge is 2.28.